The lowest BCUT2D eigenvalue weighted by Gasteiger charge is -2.29. The van der Waals surface area contributed by atoms with Crippen molar-refractivity contribution < 1.29 is 14.3 Å². The van der Waals surface area contributed by atoms with Gasteiger partial charge in [0.2, 0.25) is 5.88 Å². The number of pyridine rings is 1. The number of fused-ring (bicyclic) bond motifs is 1. The molecule has 0 atom stereocenters. The van der Waals surface area contributed by atoms with Gasteiger partial charge in [0.05, 0.1) is 18.8 Å². The van der Waals surface area contributed by atoms with E-state index in [9.17, 15) is 4.79 Å². The Kier molecular flexibility index (Phi) is 5.40. The molecule has 28 heavy (non-hydrogen) atoms. The average Bonchev–Trinajstić information content (AvgIpc) is 2.76. The number of anilines is 1. The third-order valence-electron chi connectivity index (χ3n) is 4.60. The lowest BCUT2D eigenvalue weighted by Crippen LogP contribution is -2.37. The molecule has 7 nitrogen and oxygen atoms in total. The van der Waals surface area contributed by atoms with Crippen molar-refractivity contribution >= 4 is 34.5 Å². The van der Waals surface area contributed by atoms with E-state index >= 15 is 0 Å². The van der Waals surface area contributed by atoms with Crippen LogP contribution in [-0.2, 0) is 4.74 Å². The van der Waals surface area contributed by atoms with Gasteiger partial charge in [-0.2, -0.15) is 4.98 Å². The van der Waals surface area contributed by atoms with Crippen molar-refractivity contribution in [3.63, 3.8) is 0 Å². The third kappa shape index (κ3) is 3.65. The second-order valence-corrected chi connectivity index (χ2v) is 7.11. The Morgan fingerprint density at radius 1 is 1.18 bits per heavy atom. The van der Waals surface area contributed by atoms with E-state index in [4.69, 9.17) is 14.5 Å². The van der Waals surface area contributed by atoms with E-state index in [2.05, 4.69) is 14.9 Å². The summed E-state index contributed by atoms with van der Waals surface area (Å²) < 4.78 is 11.1. The second kappa shape index (κ2) is 8.12. The zero-order valence-corrected chi connectivity index (χ0v) is 16.5. The summed E-state index contributed by atoms with van der Waals surface area (Å²) >= 11 is 1.48. The number of morpholine rings is 1. The van der Waals surface area contributed by atoms with Crippen LogP contribution in [0.5, 0.6) is 5.88 Å². The predicted octanol–water partition coefficient (Wildman–Crippen LogP) is 3.11. The van der Waals surface area contributed by atoms with Crippen LogP contribution in [-0.4, -0.2) is 53.5 Å². The molecule has 4 rings (SSSR count). The highest BCUT2D eigenvalue weighted by Crippen LogP contribution is 2.33. The molecule has 0 amide bonds. The van der Waals surface area contributed by atoms with Gasteiger partial charge < -0.3 is 14.4 Å². The molecule has 144 valence electrons. The summed E-state index contributed by atoms with van der Waals surface area (Å²) in [5.74, 6) is 0.533. The maximum atomic E-state index is 12.6. The summed E-state index contributed by atoms with van der Waals surface area (Å²) in [6.07, 6.45) is 3.71. The minimum atomic E-state index is -0.440. The van der Waals surface area contributed by atoms with E-state index in [-0.39, 0.29) is 5.88 Å². The topological polar surface area (TPSA) is 77.4 Å². The minimum absolute atomic E-state index is 0.281. The Labute approximate surface area is 167 Å². The van der Waals surface area contributed by atoms with E-state index in [0.29, 0.717) is 42.8 Å². The van der Waals surface area contributed by atoms with Crippen molar-refractivity contribution in [3.8, 4) is 5.88 Å². The molecule has 3 heterocycles. The summed E-state index contributed by atoms with van der Waals surface area (Å²) in [6, 6.07) is 8.89. The highest BCUT2D eigenvalue weighted by molar-refractivity contribution is 7.98. The van der Waals surface area contributed by atoms with Crippen molar-refractivity contribution in [2.75, 3.05) is 37.5 Å². The number of esters is 1. The molecule has 0 saturated carbocycles. The summed E-state index contributed by atoms with van der Waals surface area (Å²) in [4.78, 5) is 28.4. The zero-order chi connectivity index (χ0) is 19.5. The molecule has 1 fully saturated rings. The third-order valence-corrected chi connectivity index (χ3v) is 5.16. The van der Waals surface area contributed by atoms with Crippen molar-refractivity contribution in [2.45, 2.75) is 12.1 Å². The molecule has 1 aromatic carbocycles. The number of nitrogens with zero attached hydrogens (tertiary/aromatic N) is 4. The van der Waals surface area contributed by atoms with E-state index < -0.39 is 5.97 Å². The van der Waals surface area contributed by atoms with E-state index in [0.717, 1.165) is 16.5 Å². The van der Waals surface area contributed by atoms with Crippen LogP contribution in [0.2, 0.25) is 0 Å². The van der Waals surface area contributed by atoms with Crippen LogP contribution in [0.3, 0.4) is 0 Å². The van der Waals surface area contributed by atoms with Crippen LogP contribution in [0.25, 0.3) is 10.9 Å². The number of benzene rings is 1. The Bertz CT molecular complexity index is 1010. The number of hydrogen-bond acceptors (Lipinski definition) is 8. The standard InChI is InChI=1S/C20H20N4O3S/c1-13-15-12-21-20(28-2)22-16(15)17(24-8-10-26-11-9-24)23-18(13)27-19(25)14-6-4-3-5-7-14/h3-7,12H,8-11H2,1-2H3. The molecule has 0 N–H and O–H groups in total. The second-order valence-electron chi connectivity index (χ2n) is 6.34. The fourth-order valence-corrected chi connectivity index (χ4v) is 3.41. The van der Waals surface area contributed by atoms with Gasteiger partial charge in [0.25, 0.3) is 0 Å². The molecule has 0 aliphatic carbocycles. The maximum Gasteiger partial charge on any atom is 0.344 e. The molecule has 8 heteroatoms. The Balaban J connectivity index is 1.80. The van der Waals surface area contributed by atoms with Gasteiger partial charge in [-0.05, 0) is 25.3 Å². The summed E-state index contributed by atoms with van der Waals surface area (Å²) in [5, 5.41) is 1.50. The fraction of sp³-hybridized carbons (Fsp3) is 0.300. The lowest BCUT2D eigenvalue weighted by atomic mass is 10.1. The molecule has 0 spiro atoms. The molecule has 2 aromatic heterocycles. The van der Waals surface area contributed by atoms with Crippen LogP contribution in [0.4, 0.5) is 5.82 Å². The Hall–Kier alpha value is -2.71. The number of carbonyl (C=O) groups is 1. The van der Waals surface area contributed by atoms with Crippen LogP contribution in [0.1, 0.15) is 15.9 Å². The maximum absolute atomic E-state index is 12.6. The molecule has 1 aliphatic heterocycles. The fourth-order valence-electron chi connectivity index (χ4n) is 3.07. The molecule has 0 unspecified atom stereocenters. The van der Waals surface area contributed by atoms with Gasteiger partial charge in [-0.25, -0.2) is 14.8 Å². The van der Waals surface area contributed by atoms with E-state index in [1.54, 1.807) is 30.5 Å². The first kappa shape index (κ1) is 18.6. The van der Waals surface area contributed by atoms with E-state index in [1.165, 1.54) is 11.8 Å². The number of ether oxygens (including phenoxy) is 2. The molecular formula is C20H20N4O3S. The van der Waals surface area contributed by atoms with Crippen molar-refractivity contribution in [1.29, 1.82) is 0 Å². The van der Waals surface area contributed by atoms with Gasteiger partial charge in [-0.1, -0.05) is 30.0 Å². The number of aromatic nitrogens is 3. The van der Waals surface area contributed by atoms with Crippen LogP contribution in [0, 0.1) is 6.92 Å². The van der Waals surface area contributed by atoms with Crippen molar-refractivity contribution in [3.05, 3.63) is 47.7 Å². The van der Waals surface area contributed by atoms with Gasteiger partial charge in [0.15, 0.2) is 11.0 Å². The first-order valence-corrected chi connectivity index (χ1v) is 10.2. The lowest BCUT2D eigenvalue weighted by molar-refractivity contribution is 0.0726. The normalized spacial score (nSPS) is 14.3. The zero-order valence-electron chi connectivity index (χ0n) is 15.7. The molecule has 0 radical (unpaired) electrons. The number of aryl methyl sites for hydroxylation is 1. The molecule has 1 saturated heterocycles. The van der Waals surface area contributed by atoms with Gasteiger partial charge in [0, 0.05) is 30.2 Å². The number of thioether (sulfide) groups is 1. The molecule has 0 bridgehead atoms. The van der Waals surface area contributed by atoms with Crippen molar-refractivity contribution in [2.24, 2.45) is 0 Å². The quantitative estimate of drug-likeness (QED) is 0.378. The van der Waals surface area contributed by atoms with Gasteiger partial charge in [-0.3, -0.25) is 0 Å². The Morgan fingerprint density at radius 3 is 2.64 bits per heavy atom. The molecular weight excluding hydrogens is 376 g/mol. The van der Waals surface area contributed by atoms with Gasteiger partial charge in [0.1, 0.15) is 5.52 Å². The SMILES string of the molecule is CSc1ncc2c(C)c(OC(=O)c3ccccc3)nc(N3CCOCC3)c2n1. The largest absolute Gasteiger partial charge is 0.403 e. The summed E-state index contributed by atoms with van der Waals surface area (Å²) in [6.45, 7) is 4.52. The first-order chi connectivity index (χ1) is 13.7. The summed E-state index contributed by atoms with van der Waals surface area (Å²) in [5.41, 5.74) is 1.98. The number of carbonyl (C=O) groups excluding carboxylic acids is 1. The highest BCUT2D eigenvalue weighted by atomic mass is 32.2. The number of hydrogen-bond donors (Lipinski definition) is 0. The van der Waals surface area contributed by atoms with Gasteiger partial charge >= 0.3 is 5.97 Å². The van der Waals surface area contributed by atoms with Crippen LogP contribution in [0.15, 0.2) is 41.7 Å². The molecule has 1 aliphatic rings. The first-order valence-electron chi connectivity index (χ1n) is 8.98. The van der Waals surface area contributed by atoms with Crippen LogP contribution >= 0.6 is 11.8 Å². The Morgan fingerprint density at radius 2 is 1.93 bits per heavy atom. The smallest absolute Gasteiger partial charge is 0.344 e. The predicted molar refractivity (Wildman–Crippen MR) is 108 cm³/mol. The van der Waals surface area contributed by atoms with Gasteiger partial charge in [-0.15, -0.1) is 0 Å². The monoisotopic (exact) mass is 396 g/mol. The average molecular weight is 396 g/mol. The summed E-state index contributed by atoms with van der Waals surface area (Å²) in [7, 11) is 0. The van der Waals surface area contributed by atoms with Crippen molar-refractivity contribution in [1.82, 2.24) is 15.0 Å². The van der Waals surface area contributed by atoms with E-state index in [1.807, 2.05) is 19.2 Å². The minimum Gasteiger partial charge on any atom is -0.403 e. The highest BCUT2D eigenvalue weighted by Gasteiger charge is 2.22. The van der Waals surface area contributed by atoms with Crippen LogP contribution < -0.4 is 9.64 Å². The molecule has 3 aromatic rings. The number of rotatable bonds is 4.